The number of ketones is 1. The van der Waals surface area contributed by atoms with Gasteiger partial charge in [0.05, 0.1) is 29.2 Å². The first-order valence-corrected chi connectivity index (χ1v) is 10.5. The number of likely N-dealkylation sites (tertiary alicyclic amines) is 1. The van der Waals surface area contributed by atoms with E-state index in [4.69, 9.17) is 10.00 Å². The number of rotatable bonds is 2. The fraction of sp³-hybridized carbons (Fsp3) is 0.400. The molecule has 6 heteroatoms. The molecule has 2 aliphatic heterocycles. The molecule has 160 valence electrons. The van der Waals surface area contributed by atoms with Crippen LogP contribution in [-0.2, 0) is 5.60 Å². The summed E-state index contributed by atoms with van der Waals surface area (Å²) in [5.74, 6) is 0.449. The summed E-state index contributed by atoms with van der Waals surface area (Å²) < 4.78 is 6.24. The van der Waals surface area contributed by atoms with E-state index in [0.717, 1.165) is 11.1 Å². The molecule has 0 saturated carbocycles. The second-order valence-electron chi connectivity index (χ2n) is 9.09. The highest BCUT2D eigenvalue weighted by molar-refractivity contribution is 6.00. The molecular formula is C25H26N2O4. The number of amides is 1. The minimum absolute atomic E-state index is 0.0176. The van der Waals surface area contributed by atoms with Crippen molar-refractivity contribution in [3.05, 3.63) is 64.2 Å². The maximum absolute atomic E-state index is 13.0. The molecule has 0 bridgehead atoms. The summed E-state index contributed by atoms with van der Waals surface area (Å²) in [6.45, 7) is 6.36. The van der Waals surface area contributed by atoms with Crippen LogP contribution in [0.25, 0.3) is 0 Å². The molecule has 0 aromatic heterocycles. The Labute approximate surface area is 182 Å². The number of carbonyl (C=O) groups is 2. The van der Waals surface area contributed by atoms with E-state index in [0.29, 0.717) is 48.4 Å². The van der Waals surface area contributed by atoms with E-state index >= 15 is 0 Å². The molecule has 2 aromatic rings. The van der Waals surface area contributed by atoms with E-state index in [2.05, 4.69) is 6.07 Å². The van der Waals surface area contributed by atoms with Crippen molar-refractivity contribution in [2.24, 2.45) is 0 Å². The molecule has 2 heterocycles. The molecule has 0 radical (unpaired) electrons. The van der Waals surface area contributed by atoms with Gasteiger partial charge in [0.25, 0.3) is 5.91 Å². The van der Waals surface area contributed by atoms with Crippen LogP contribution in [0.15, 0.2) is 36.4 Å². The third-order valence-electron chi connectivity index (χ3n) is 6.31. The number of benzene rings is 2. The average molecular weight is 418 g/mol. The van der Waals surface area contributed by atoms with Crippen LogP contribution in [0.2, 0.25) is 0 Å². The second-order valence-corrected chi connectivity index (χ2v) is 9.09. The van der Waals surface area contributed by atoms with Crippen LogP contribution in [-0.4, -0.2) is 40.4 Å². The fourth-order valence-corrected chi connectivity index (χ4v) is 4.63. The lowest BCUT2D eigenvalue weighted by atomic mass is 9.82. The Hall–Kier alpha value is -3.17. The average Bonchev–Trinajstić information content (AvgIpc) is 2.72. The van der Waals surface area contributed by atoms with Gasteiger partial charge in [0.1, 0.15) is 11.4 Å². The molecule has 0 aliphatic carbocycles. The molecule has 6 nitrogen and oxygen atoms in total. The monoisotopic (exact) mass is 418 g/mol. The van der Waals surface area contributed by atoms with Gasteiger partial charge in [0, 0.05) is 31.5 Å². The highest BCUT2D eigenvalue weighted by Gasteiger charge is 2.43. The van der Waals surface area contributed by atoms with Gasteiger partial charge in [-0.3, -0.25) is 9.59 Å². The molecule has 31 heavy (non-hydrogen) atoms. The van der Waals surface area contributed by atoms with Gasteiger partial charge in [-0.15, -0.1) is 0 Å². The number of fused-ring (bicyclic) bond motifs is 1. The highest BCUT2D eigenvalue weighted by Crippen LogP contribution is 2.40. The van der Waals surface area contributed by atoms with Crippen molar-refractivity contribution in [3.8, 4) is 11.8 Å². The number of nitriles is 1. The first-order valence-electron chi connectivity index (χ1n) is 10.5. The summed E-state index contributed by atoms with van der Waals surface area (Å²) in [6, 6.07) is 12.4. The van der Waals surface area contributed by atoms with Crippen molar-refractivity contribution in [2.45, 2.75) is 51.2 Å². The lowest BCUT2D eigenvalue weighted by Crippen LogP contribution is -2.52. The van der Waals surface area contributed by atoms with Crippen LogP contribution in [0.3, 0.4) is 0 Å². The van der Waals surface area contributed by atoms with Crippen LogP contribution in [0.5, 0.6) is 5.75 Å². The zero-order valence-corrected chi connectivity index (χ0v) is 18.1. The summed E-state index contributed by atoms with van der Waals surface area (Å²) in [7, 11) is 0. The second kappa shape index (κ2) is 7.51. The fourth-order valence-electron chi connectivity index (χ4n) is 4.63. The quantitative estimate of drug-likeness (QED) is 0.802. The number of aryl methyl sites for hydroxylation is 1. The van der Waals surface area contributed by atoms with E-state index in [-0.39, 0.29) is 18.1 Å². The zero-order chi connectivity index (χ0) is 22.4. The number of hydrogen-bond acceptors (Lipinski definition) is 5. The van der Waals surface area contributed by atoms with E-state index in [1.807, 2.05) is 19.1 Å². The molecule has 1 amide bonds. The lowest BCUT2D eigenvalue weighted by molar-refractivity contribution is -0.00574. The third kappa shape index (κ3) is 3.94. The lowest BCUT2D eigenvalue weighted by Gasteiger charge is -2.44. The van der Waals surface area contributed by atoms with E-state index in [1.165, 1.54) is 0 Å². The van der Waals surface area contributed by atoms with Crippen molar-refractivity contribution < 1.29 is 19.4 Å². The largest absolute Gasteiger partial charge is 0.486 e. The third-order valence-corrected chi connectivity index (χ3v) is 6.31. The Kier molecular flexibility index (Phi) is 5.10. The maximum Gasteiger partial charge on any atom is 0.253 e. The molecule has 1 saturated heterocycles. The molecular weight excluding hydrogens is 392 g/mol. The topological polar surface area (TPSA) is 90.6 Å². The van der Waals surface area contributed by atoms with Gasteiger partial charge >= 0.3 is 0 Å². The number of aliphatic hydroxyl groups is 1. The van der Waals surface area contributed by atoms with Crippen molar-refractivity contribution in [2.75, 3.05) is 13.1 Å². The summed E-state index contributed by atoms with van der Waals surface area (Å²) >= 11 is 0. The van der Waals surface area contributed by atoms with Gasteiger partial charge in [-0.05, 0) is 62.2 Å². The minimum Gasteiger partial charge on any atom is -0.486 e. The molecule has 1 spiro atoms. The van der Waals surface area contributed by atoms with Gasteiger partial charge in [0.15, 0.2) is 5.78 Å². The minimum atomic E-state index is -0.960. The highest BCUT2D eigenvalue weighted by atomic mass is 16.5. The molecule has 0 atom stereocenters. The summed E-state index contributed by atoms with van der Waals surface area (Å²) in [4.78, 5) is 27.6. The van der Waals surface area contributed by atoms with Crippen molar-refractivity contribution in [1.29, 1.82) is 5.26 Å². The molecule has 2 aromatic carbocycles. The Morgan fingerprint density at radius 3 is 2.52 bits per heavy atom. The van der Waals surface area contributed by atoms with Gasteiger partial charge in [-0.2, -0.15) is 5.26 Å². The SMILES string of the molecule is Cc1cc(C(=O)N2CCC3(CC2)CC(=O)c2cc(C#N)ccc2O3)ccc1C(C)(C)O. The van der Waals surface area contributed by atoms with Gasteiger partial charge < -0.3 is 14.7 Å². The number of ether oxygens (including phenoxy) is 1. The Bertz CT molecular complexity index is 1100. The first kappa shape index (κ1) is 21.1. The van der Waals surface area contributed by atoms with Crippen LogP contribution in [0, 0.1) is 18.3 Å². The first-order chi connectivity index (χ1) is 14.6. The zero-order valence-electron chi connectivity index (χ0n) is 18.1. The van der Waals surface area contributed by atoms with Crippen LogP contribution < -0.4 is 4.74 Å². The van der Waals surface area contributed by atoms with E-state index in [9.17, 15) is 14.7 Å². The number of nitrogens with zero attached hydrogens (tertiary/aromatic N) is 2. The molecule has 0 unspecified atom stereocenters. The Morgan fingerprint density at radius 1 is 1.19 bits per heavy atom. The van der Waals surface area contributed by atoms with Gasteiger partial charge in [-0.25, -0.2) is 0 Å². The van der Waals surface area contributed by atoms with Crippen LogP contribution in [0.1, 0.15) is 70.5 Å². The smallest absolute Gasteiger partial charge is 0.253 e. The molecule has 4 rings (SSSR count). The normalized spacial score (nSPS) is 17.6. The Balaban J connectivity index is 1.47. The number of Topliss-reactive ketones (excluding diaryl/α,β-unsaturated/α-hetero) is 1. The summed E-state index contributed by atoms with van der Waals surface area (Å²) in [5.41, 5.74) is 1.61. The van der Waals surface area contributed by atoms with Crippen molar-refractivity contribution in [1.82, 2.24) is 4.90 Å². The standard InChI is InChI=1S/C25H26N2O4/c1-16-12-18(5-6-20(16)24(2,3)30)23(29)27-10-8-25(9-11-27)14-21(28)19-13-17(15-26)4-7-22(19)31-25/h4-7,12-13,30H,8-11,14H2,1-3H3. The predicted octanol–water partition coefficient (Wildman–Crippen LogP) is 3.73. The summed E-state index contributed by atoms with van der Waals surface area (Å²) in [6.07, 6.45) is 1.41. The predicted molar refractivity (Wildman–Crippen MR) is 115 cm³/mol. The van der Waals surface area contributed by atoms with Crippen molar-refractivity contribution >= 4 is 11.7 Å². The van der Waals surface area contributed by atoms with Gasteiger partial charge in [-0.1, -0.05) is 6.07 Å². The molecule has 2 aliphatic rings. The van der Waals surface area contributed by atoms with Crippen LogP contribution >= 0.6 is 0 Å². The molecule has 1 N–H and O–H groups in total. The van der Waals surface area contributed by atoms with Crippen molar-refractivity contribution in [3.63, 3.8) is 0 Å². The molecule has 1 fully saturated rings. The Morgan fingerprint density at radius 2 is 1.90 bits per heavy atom. The van der Waals surface area contributed by atoms with Crippen LogP contribution in [0.4, 0.5) is 0 Å². The van der Waals surface area contributed by atoms with E-state index < -0.39 is 11.2 Å². The number of carbonyl (C=O) groups excluding carboxylic acids is 2. The summed E-state index contributed by atoms with van der Waals surface area (Å²) in [5, 5.41) is 19.3. The van der Waals surface area contributed by atoms with E-state index in [1.54, 1.807) is 43.0 Å². The van der Waals surface area contributed by atoms with Gasteiger partial charge in [0.2, 0.25) is 0 Å². The number of hydrogen-bond donors (Lipinski definition) is 1. The number of piperidine rings is 1. The maximum atomic E-state index is 13.0.